The lowest BCUT2D eigenvalue weighted by molar-refractivity contribution is -0.139. The molecule has 0 unspecified atom stereocenters. The number of carboxylic acid groups (broad SMARTS) is 1. The number of urea groups is 1. The van der Waals surface area contributed by atoms with Crippen LogP contribution in [0.2, 0.25) is 0 Å². The van der Waals surface area contributed by atoms with Crippen molar-refractivity contribution in [2.75, 3.05) is 32.7 Å². The second kappa shape index (κ2) is 37.0. The van der Waals surface area contributed by atoms with Gasteiger partial charge in [0.05, 0.1) is 6.42 Å². The van der Waals surface area contributed by atoms with Crippen LogP contribution in [-0.2, 0) is 51.2 Å². The average molecular weight is 1140 g/mol. The molecule has 0 fully saturated rings. The molecule has 2 rings (SSSR count). The number of benzene rings is 2. The fourth-order valence-corrected chi connectivity index (χ4v) is 7.70. The Morgan fingerprint density at radius 1 is 0.506 bits per heavy atom. The van der Waals surface area contributed by atoms with Crippen LogP contribution in [0.25, 0.3) is 0 Å². The maximum absolute atomic E-state index is 14.6. The SMILES string of the molecule is CC(C)C[C@H](NC(=O)[C@H](CCCN=C(N)NC(=O)NCCCCN)NC(=O)[C@H](Cc1ccc(O)cc1)NC(=O)[C@H](CCCN=C(N)N)NC(=O)CCC(=O)O)C(=O)N[C@@H](CCCN=C(N)N)C(=O)N[C@@H](Cc1ccc(O)cc1)C(N)=O. The summed E-state index contributed by atoms with van der Waals surface area (Å²) in [6.45, 7) is 4.29. The molecule has 9 amide bonds. The molecule has 81 heavy (non-hydrogen) atoms. The number of phenolic OH excluding ortho intramolecular Hbond substituents is 2. The fourth-order valence-electron chi connectivity index (χ4n) is 7.70. The highest BCUT2D eigenvalue weighted by Gasteiger charge is 2.34. The molecule has 0 bridgehead atoms. The summed E-state index contributed by atoms with van der Waals surface area (Å²) in [5.74, 6) is -8.40. The molecular weight excluding hydrogens is 1060 g/mol. The van der Waals surface area contributed by atoms with Crippen LogP contribution in [-0.4, -0.2) is 156 Å². The first kappa shape index (κ1) is 68.1. The van der Waals surface area contributed by atoms with Crippen LogP contribution >= 0.6 is 0 Å². The van der Waals surface area contributed by atoms with Crippen molar-refractivity contribution in [2.45, 2.75) is 134 Å². The molecule has 25 N–H and O–H groups in total. The lowest BCUT2D eigenvalue weighted by Gasteiger charge is -2.28. The van der Waals surface area contributed by atoms with Crippen LogP contribution in [0.3, 0.4) is 0 Å². The Balaban J connectivity index is 2.60. The van der Waals surface area contributed by atoms with Gasteiger partial charge < -0.3 is 92.7 Å². The molecule has 0 radical (unpaired) electrons. The summed E-state index contributed by atoms with van der Waals surface area (Å²) in [7, 11) is 0. The maximum atomic E-state index is 14.6. The van der Waals surface area contributed by atoms with E-state index in [-0.39, 0.29) is 113 Å². The van der Waals surface area contributed by atoms with E-state index in [0.29, 0.717) is 37.1 Å². The van der Waals surface area contributed by atoms with Gasteiger partial charge in [-0.25, -0.2) is 4.79 Å². The fraction of sp³-hybridized carbons (Fsp3) is 0.529. The number of hydrogen-bond donors (Lipinski definition) is 18. The Hall–Kier alpha value is -8.96. The van der Waals surface area contributed by atoms with Crippen molar-refractivity contribution in [1.29, 1.82) is 0 Å². The zero-order chi connectivity index (χ0) is 60.4. The minimum atomic E-state index is -1.50. The molecule has 0 spiro atoms. The standard InChI is InChI=1S/C51H82N18O12/c1-29(2)26-38(46(79)64-35(9-6-24-60-49(56)57)44(77)66-37(42(53)75)27-30-11-15-32(70)16-12-30)67-45(78)36(10-7-25-61-50(58)69-51(81)62-22-4-3-21-52)65-47(80)39(28-31-13-17-33(71)18-14-31)68-43(76)34(8-5-23-59-48(54)55)63-40(72)19-20-41(73)74/h11-18,29,34-39,70-71H,3-10,19-28,52H2,1-2H3,(H2,53,75)(H,63,72)(H,64,79)(H,65,80)(H,66,77)(H,67,78)(H,68,76)(H,73,74)(H4,54,55,59)(H4,56,57,60)(H4,58,61,62,69,81)/t34-,35-,36-,37-,38-,39-/m0/s1. The van der Waals surface area contributed by atoms with Crippen molar-refractivity contribution in [1.82, 2.24) is 42.5 Å². The van der Waals surface area contributed by atoms with Crippen molar-refractivity contribution in [3.05, 3.63) is 59.7 Å². The van der Waals surface area contributed by atoms with Crippen LogP contribution < -0.4 is 82.7 Å². The molecule has 0 heterocycles. The van der Waals surface area contributed by atoms with Gasteiger partial charge in [0.2, 0.25) is 41.4 Å². The summed E-state index contributed by atoms with van der Waals surface area (Å²) in [6.07, 6.45) is -0.0141. The molecule has 6 atom stereocenters. The first-order chi connectivity index (χ1) is 38.4. The van der Waals surface area contributed by atoms with Gasteiger partial charge >= 0.3 is 12.0 Å². The zero-order valence-electron chi connectivity index (χ0n) is 45.8. The summed E-state index contributed by atoms with van der Waals surface area (Å²) >= 11 is 0. The van der Waals surface area contributed by atoms with Crippen molar-refractivity contribution in [3.8, 4) is 11.5 Å². The predicted molar refractivity (Wildman–Crippen MR) is 301 cm³/mol. The third-order valence-corrected chi connectivity index (χ3v) is 11.9. The Morgan fingerprint density at radius 2 is 0.914 bits per heavy atom. The van der Waals surface area contributed by atoms with E-state index in [1.54, 1.807) is 13.8 Å². The number of nitrogens with one attached hydrogen (secondary N) is 8. The largest absolute Gasteiger partial charge is 0.508 e. The summed E-state index contributed by atoms with van der Waals surface area (Å²) in [5, 5.41) is 49.7. The second-order valence-electron chi connectivity index (χ2n) is 19.3. The number of carboxylic acids is 1. The summed E-state index contributed by atoms with van der Waals surface area (Å²) in [5.41, 5.74) is 40.1. The lowest BCUT2D eigenvalue weighted by Crippen LogP contribution is -2.60. The number of aromatic hydroxyl groups is 2. The monoisotopic (exact) mass is 1140 g/mol. The van der Waals surface area contributed by atoms with E-state index < -0.39 is 102 Å². The number of hydrogen-bond acceptors (Lipinski definition) is 15. The van der Waals surface area contributed by atoms with Gasteiger partial charge in [0.15, 0.2) is 17.9 Å². The van der Waals surface area contributed by atoms with Gasteiger partial charge in [-0.2, -0.15) is 0 Å². The molecule has 2 aromatic carbocycles. The number of unbranched alkanes of at least 4 members (excludes halogenated alkanes) is 1. The highest BCUT2D eigenvalue weighted by molar-refractivity contribution is 5.98. The number of guanidine groups is 3. The number of amides is 9. The number of carbonyl (C=O) groups excluding carboxylic acids is 8. The van der Waals surface area contributed by atoms with Crippen molar-refractivity contribution >= 4 is 71.2 Å². The van der Waals surface area contributed by atoms with Gasteiger partial charge in [0.25, 0.3) is 0 Å². The van der Waals surface area contributed by atoms with E-state index in [1.165, 1.54) is 48.5 Å². The highest BCUT2D eigenvalue weighted by atomic mass is 16.4. The zero-order valence-corrected chi connectivity index (χ0v) is 45.8. The minimum Gasteiger partial charge on any atom is -0.508 e. The van der Waals surface area contributed by atoms with Gasteiger partial charge in [-0.3, -0.25) is 58.7 Å². The maximum Gasteiger partial charge on any atom is 0.321 e. The topological polar surface area (TPSA) is 530 Å². The molecule has 448 valence electrons. The van der Waals surface area contributed by atoms with E-state index in [2.05, 4.69) is 57.5 Å². The van der Waals surface area contributed by atoms with Gasteiger partial charge in [-0.1, -0.05) is 38.1 Å². The number of rotatable bonds is 37. The number of aliphatic imine (C=N–C) groups is 3. The number of carbonyl (C=O) groups is 9. The van der Waals surface area contributed by atoms with Gasteiger partial charge in [-0.15, -0.1) is 0 Å². The Labute approximate surface area is 469 Å². The van der Waals surface area contributed by atoms with Gasteiger partial charge in [-0.05, 0) is 106 Å². The number of phenols is 2. The van der Waals surface area contributed by atoms with Crippen LogP contribution in [0.15, 0.2) is 63.5 Å². The Bertz CT molecular complexity index is 2470. The van der Waals surface area contributed by atoms with E-state index in [9.17, 15) is 53.4 Å². The lowest BCUT2D eigenvalue weighted by atomic mass is 10.00. The minimum absolute atomic E-state index is 0.00554. The molecule has 2 aromatic rings. The Morgan fingerprint density at radius 3 is 1.36 bits per heavy atom. The third-order valence-electron chi connectivity index (χ3n) is 11.9. The number of aliphatic carboxylic acids is 1. The second-order valence-corrected chi connectivity index (χ2v) is 19.3. The first-order valence-corrected chi connectivity index (χ1v) is 26.4. The molecule has 0 aromatic heterocycles. The normalized spacial score (nSPS) is 13.3. The van der Waals surface area contributed by atoms with Crippen LogP contribution in [0.4, 0.5) is 4.79 Å². The summed E-state index contributed by atoms with van der Waals surface area (Å²) in [6, 6.07) is 2.57. The highest BCUT2D eigenvalue weighted by Crippen LogP contribution is 2.15. The van der Waals surface area contributed by atoms with E-state index in [0.717, 1.165) is 0 Å². The van der Waals surface area contributed by atoms with Crippen molar-refractivity contribution in [2.24, 2.45) is 61.0 Å². The summed E-state index contributed by atoms with van der Waals surface area (Å²) < 4.78 is 0. The molecule has 0 saturated carbocycles. The Kier molecular flexibility index (Phi) is 31.1. The van der Waals surface area contributed by atoms with Crippen LogP contribution in [0.1, 0.15) is 95.6 Å². The smallest absolute Gasteiger partial charge is 0.321 e. The average Bonchev–Trinajstić information content (AvgIpc) is 3.39. The van der Waals surface area contributed by atoms with E-state index >= 15 is 0 Å². The third kappa shape index (κ3) is 29.6. The van der Waals surface area contributed by atoms with Crippen molar-refractivity contribution < 1.29 is 58.5 Å². The predicted octanol–water partition coefficient (Wildman–Crippen LogP) is -3.57. The molecule has 30 nitrogen and oxygen atoms in total. The van der Waals surface area contributed by atoms with Crippen LogP contribution in [0, 0.1) is 5.92 Å². The number of nitrogens with two attached hydrogens (primary N) is 7. The van der Waals surface area contributed by atoms with Crippen LogP contribution in [0.5, 0.6) is 11.5 Å². The molecule has 0 aliphatic rings. The molecule has 0 aliphatic carbocycles. The summed E-state index contributed by atoms with van der Waals surface area (Å²) in [4.78, 5) is 133. The van der Waals surface area contributed by atoms with E-state index in [1.807, 2.05) is 0 Å². The molecular formula is C51H82N18O12. The van der Waals surface area contributed by atoms with E-state index in [4.69, 9.17) is 45.2 Å². The number of nitrogens with zero attached hydrogens (tertiary/aromatic N) is 3. The quantitative estimate of drug-likeness (QED) is 0.0177. The van der Waals surface area contributed by atoms with Gasteiger partial charge in [0.1, 0.15) is 47.8 Å². The number of primary amides is 1. The molecule has 0 saturated heterocycles. The molecule has 0 aliphatic heterocycles. The first-order valence-electron chi connectivity index (χ1n) is 26.4. The van der Waals surface area contributed by atoms with Crippen molar-refractivity contribution in [3.63, 3.8) is 0 Å². The van der Waals surface area contributed by atoms with Gasteiger partial charge in [0, 0.05) is 45.4 Å². The molecule has 30 heteroatoms.